The SMILES string of the molecule is C=CCNC(=O)Nc1c[nH]c2c(C)cccc2c1=O. The number of H-pyrrole nitrogens is 1. The summed E-state index contributed by atoms with van der Waals surface area (Å²) in [6, 6.07) is 5.03. The number of nitrogens with one attached hydrogen (secondary N) is 3. The molecule has 0 fully saturated rings. The standard InChI is InChI=1S/C14H15N3O2/c1-3-7-15-14(19)17-11-8-16-12-9(2)5-4-6-10(12)13(11)18/h3-6,8H,1,7H2,2H3,(H,16,18)(H2,15,17,19). The van der Waals surface area contributed by atoms with Gasteiger partial charge < -0.3 is 15.6 Å². The van der Waals surface area contributed by atoms with Crippen LogP contribution < -0.4 is 16.1 Å². The molecule has 0 spiro atoms. The Hall–Kier alpha value is -2.56. The fraction of sp³-hybridized carbons (Fsp3) is 0.143. The lowest BCUT2D eigenvalue weighted by atomic mass is 10.1. The van der Waals surface area contributed by atoms with Crippen molar-refractivity contribution in [1.29, 1.82) is 0 Å². The first kappa shape index (κ1) is 12.9. The zero-order valence-corrected chi connectivity index (χ0v) is 10.6. The van der Waals surface area contributed by atoms with Gasteiger partial charge in [-0.3, -0.25) is 4.79 Å². The Kier molecular flexibility index (Phi) is 3.66. The summed E-state index contributed by atoms with van der Waals surface area (Å²) >= 11 is 0. The molecule has 0 atom stereocenters. The van der Waals surface area contributed by atoms with E-state index in [2.05, 4.69) is 22.2 Å². The van der Waals surface area contributed by atoms with Gasteiger partial charge in [-0.25, -0.2) is 4.79 Å². The van der Waals surface area contributed by atoms with Crippen molar-refractivity contribution in [3.63, 3.8) is 0 Å². The minimum absolute atomic E-state index is 0.203. The van der Waals surface area contributed by atoms with Crippen molar-refractivity contribution in [3.05, 3.63) is 52.8 Å². The number of hydrogen-bond donors (Lipinski definition) is 3. The minimum Gasteiger partial charge on any atom is -0.359 e. The van der Waals surface area contributed by atoms with Crippen LogP contribution in [0.2, 0.25) is 0 Å². The van der Waals surface area contributed by atoms with E-state index in [1.54, 1.807) is 12.1 Å². The van der Waals surface area contributed by atoms with Gasteiger partial charge in [-0.2, -0.15) is 0 Å². The average molecular weight is 257 g/mol. The molecule has 2 amide bonds. The van der Waals surface area contributed by atoms with E-state index in [0.29, 0.717) is 11.9 Å². The number of aromatic amines is 1. The predicted molar refractivity (Wildman–Crippen MR) is 76.5 cm³/mol. The number of benzene rings is 1. The molecule has 19 heavy (non-hydrogen) atoms. The van der Waals surface area contributed by atoms with Gasteiger partial charge in [-0.15, -0.1) is 6.58 Å². The molecule has 1 heterocycles. The molecule has 0 aliphatic heterocycles. The second kappa shape index (κ2) is 5.39. The summed E-state index contributed by atoms with van der Waals surface area (Å²) in [6.45, 7) is 5.76. The molecule has 0 aliphatic rings. The van der Waals surface area contributed by atoms with E-state index in [4.69, 9.17) is 0 Å². The molecule has 1 aromatic heterocycles. The van der Waals surface area contributed by atoms with Crippen LogP contribution >= 0.6 is 0 Å². The van der Waals surface area contributed by atoms with Crippen LogP contribution in [0.4, 0.5) is 10.5 Å². The van der Waals surface area contributed by atoms with Gasteiger partial charge in [0.05, 0.1) is 5.52 Å². The maximum Gasteiger partial charge on any atom is 0.319 e. The molecule has 0 saturated carbocycles. The maximum atomic E-state index is 12.2. The fourth-order valence-electron chi connectivity index (χ4n) is 1.83. The van der Waals surface area contributed by atoms with Crippen LogP contribution in [0, 0.1) is 6.92 Å². The van der Waals surface area contributed by atoms with Gasteiger partial charge in [0.2, 0.25) is 5.43 Å². The van der Waals surface area contributed by atoms with E-state index in [9.17, 15) is 9.59 Å². The van der Waals surface area contributed by atoms with Crippen molar-refractivity contribution in [2.24, 2.45) is 0 Å². The van der Waals surface area contributed by atoms with Crippen LogP contribution in [0.15, 0.2) is 41.8 Å². The summed E-state index contributed by atoms with van der Waals surface area (Å²) in [5.74, 6) is 0. The summed E-state index contributed by atoms with van der Waals surface area (Å²) in [7, 11) is 0. The van der Waals surface area contributed by atoms with Gasteiger partial charge in [-0.1, -0.05) is 18.2 Å². The molecule has 98 valence electrons. The largest absolute Gasteiger partial charge is 0.359 e. The van der Waals surface area contributed by atoms with Gasteiger partial charge in [-0.05, 0) is 18.6 Å². The Labute approximate surface area is 110 Å². The topological polar surface area (TPSA) is 74.0 Å². The van der Waals surface area contributed by atoms with Crippen LogP contribution in [-0.4, -0.2) is 17.6 Å². The highest BCUT2D eigenvalue weighted by molar-refractivity contribution is 5.92. The van der Waals surface area contributed by atoms with Gasteiger partial charge in [0.1, 0.15) is 5.69 Å². The lowest BCUT2D eigenvalue weighted by molar-refractivity contribution is 0.253. The maximum absolute atomic E-state index is 12.2. The number of carbonyl (C=O) groups is 1. The normalized spacial score (nSPS) is 10.2. The third kappa shape index (κ3) is 2.65. The highest BCUT2D eigenvalue weighted by atomic mass is 16.2. The Bertz CT molecular complexity index is 689. The Morgan fingerprint density at radius 1 is 1.47 bits per heavy atom. The van der Waals surface area contributed by atoms with Crippen molar-refractivity contribution in [2.75, 3.05) is 11.9 Å². The van der Waals surface area contributed by atoms with Crippen molar-refractivity contribution in [3.8, 4) is 0 Å². The molecular formula is C14H15N3O2. The first-order chi connectivity index (χ1) is 9.13. The summed E-state index contributed by atoms with van der Waals surface area (Å²) in [5.41, 5.74) is 1.78. The van der Waals surface area contributed by atoms with E-state index in [0.717, 1.165) is 11.1 Å². The zero-order valence-electron chi connectivity index (χ0n) is 10.6. The highest BCUT2D eigenvalue weighted by Crippen LogP contribution is 2.14. The van der Waals surface area contributed by atoms with Crippen molar-refractivity contribution in [1.82, 2.24) is 10.3 Å². The zero-order chi connectivity index (χ0) is 13.8. The number of anilines is 1. The molecule has 3 N–H and O–H groups in total. The number of fused-ring (bicyclic) bond motifs is 1. The number of para-hydroxylation sites is 1. The van der Waals surface area contributed by atoms with Gasteiger partial charge >= 0.3 is 6.03 Å². The van der Waals surface area contributed by atoms with E-state index in [1.165, 1.54) is 6.20 Å². The van der Waals surface area contributed by atoms with Gasteiger partial charge in [0.25, 0.3) is 0 Å². The summed E-state index contributed by atoms with van der Waals surface area (Å²) < 4.78 is 0. The van der Waals surface area contributed by atoms with E-state index < -0.39 is 6.03 Å². The molecule has 0 saturated heterocycles. The van der Waals surface area contributed by atoms with Crippen molar-refractivity contribution < 1.29 is 4.79 Å². The molecule has 5 nitrogen and oxygen atoms in total. The second-order valence-corrected chi connectivity index (χ2v) is 4.15. The lowest BCUT2D eigenvalue weighted by Gasteiger charge is -2.07. The Morgan fingerprint density at radius 2 is 2.26 bits per heavy atom. The Morgan fingerprint density at radius 3 is 3.00 bits per heavy atom. The first-order valence-electron chi connectivity index (χ1n) is 5.90. The monoisotopic (exact) mass is 257 g/mol. The molecule has 0 bridgehead atoms. The second-order valence-electron chi connectivity index (χ2n) is 4.15. The Balaban J connectivity index is 2.36. The van der Waals surface area contributed by atoms with Crippen LogP contribution in [-0.2, 0) is 0 Å². The number of carbonyl (C=O) groups excluding carboxylic acids is 1. The third-order valence-corrected chi connectivity index (χ3v) is 2.78. The number of pyridine rings is 1. The average Bonchev–Trinajstić information content (AvgIpc) is 2.40. The van der Waals surface area contributed by atoms with Crippen molar-refractivity contribution in [2.45, 2.75) is 6.92 Å². The lowest BCUT2D eigenvalue weighted by Crippen LogP contribution is -2.30. The van der Waals surface area contributed by atoms with Gasteiger partial charge in [0, 0.05) is 18.1 Å². The number of aromatic nitrogens is 1. The van der Waals surface area contributed by atoms with Crippen LogP contribution in [0.1, 0.15) is 5.56 Å². The highest BCUT2D eigenvalue weighted by Gasteiger charge is 2.08. The van der Waals surface area contributed by atoms with Gasteiger partial charge in [0.15, 0.2) is 0 Å². The number of amides is 2. The van der Waals surface area contributed by atoms with E-state index >= 15 is 0 Å². The molecule has 2 rings (SSSR count). The van der Waals surface area contributed by atoms with E-state index in [-0.39, 0.29) is 11.1 Å². The minimum atomic E-state index is -0.433. The molecule has 0 aliphatic carbocycles. The summed E-state index contributed by atoms with van der Waals surface area (Å²) in [5, 5.41) is 5.62. The van der Waals surface area contributed by atoms with Crippen LogP contribution in [0.25, 0.3) is 10.9 Å². The molecule has 1 aromatic carbocycles. The smallest absolute Gasteiger partial charge is 0.319 e. The van der Waals surface area contributed by atoms with Crippen LogP contribution in [0.3, 0.4) is 0 Å². The molecular weight excluding hydrogens is 242 g/mol. The predicted octanol–water partition coefficient (Wildman–Crippen LogP) is 2.14. The first-order valence-corrected chi connectivity index (χ1v) is 5.90. The quantitative estimate of drug-likeness (QED) is 0.737. The number of aryl methyl sites for hydroxylation is 1. The van der Waals surface area contributed by atoms with Crippen LogP contribution in [0.5, 0.6) is 0 Å². The fourth-order valence-corrected chi connectivity index (χ4v) is 1.83. The number of urea groups is 1. The number of hydrogen-bond acceptors (Lipinski definition) is 2. The third-order valence-electron chi connectivity index (χ3n) is 2.78. The summed E-state index contributed by atoms with van der Waals surface area (Å²) in [4.78, 5) is 26.7. The summed E-state index contributed by atoms with van der Waals surface area (Å²) in [6.07, 6.45) is 3.07. The molecule has 0 unspecified atom stereocenters. The molecule has 5 heteroatoms. The van der Waals surface area contributed by atoms with Crippen molar-refractivity contribution >= 4 is 22.6 Å². The van der Waals surface area contributed by atoms with E-state index in [1.807, 2.05) is 19.1 Å². The number of rotatable bonds is 3. The molecule has 2 aromatic rings. The molecule has 0 radical (unpaired) electrons.